The molecule has 0 spiro atoms. The van der Waals surface area contributed by atoms with Gasteiger partial charge in [-0.25, -0.2) is 0 Å². The second-order valence-electron chi connectivity index (χ2n) is 5.78. The van der Waals surface area contributed by atoms with Crippen molar-refractivity contribution in [2.45, 2.75) is 65.3 Å². The predicted molar refractivity (Wildman–Crippen MR) is 76.0 cm³/mol. The Morgan fingerprint density at radius 1 is 1.47 bits per heavy atom. The quantitative estimate of drug-likeness (QED) is 0.309. The number of rotatable bonds is 5. The van der Waals surface area contributed by atoms with Gasteiger partial charge in [0.15, 0.2) is 5.84 Å². The highest BCUT2D eigenvalue weighted by Crippen LogP contribution is 2.28. The van der Waals surface area contributed by atoms with Crippen LogP contribution in [0.4, 0.5) is 0 Å². The number of carbonyl (C=O) groups is 1. The summed E-state index contributed by atoms with van der Waals surface area (Å²) in [4.78, 5) is 12.4. The third-order valence-corrected chi connectivity index (χ3v) is 4.58. The fraction of sp³-hybridized carbons (Fsp3) is 0.857. The average Bonchev–Trinajstić information content (AvgIpc) is 2.45. The van der Waals surface area contributed by atoms with Gasteiger partial charge in [0.2, 0.25) is 5.91 Å². The molecule has 1 saturated carbocycles. The van der Waals surface area contributed by atoms with E-state index >= 15 is 0 Å². The summed E-state index contributed by atoms with van der Waals surface area (Å²) in [7, 11) is 0. The minimum Gasteiger partial charge on any atom is -0.409 e. The Labute approximate surface area is 115 Å². The van der Waals surface area contributed by atoms with Gasteiger partial charge in [0.05, 0.1) is 0 Å². The molecule has 0 radical (unpaired) electrons. The molecule has 5 nitrogen and oxygen atoms in total. The summed E-state index contributed by atoms with van der Waals surface area (Å²) >= 11 is 0. The van der Waals surface area contributed by atoms with E-state index in [9.17, 15) is 4.79 Å². The van der Waals surface area contributed by atoms with E-state index in [0.29, 0.717) is 12.3 Å². The van der Waals surface area contributed by atoms with Gasteiger partial charge in [-0.3, -0.25) is 4.79 Å². The molecule has 0 bridgehead atoms. The summed E-state index contributed by atoms with van der Waals surface area (Å²) in [6.45, 7) is 5.78. The third kappa shape index (κ3) is 3.61. The summed E-state index contributed by atoms with van der Waals surface area (Å²) in [6.07, 6.45) is 6.16. The number of oxime groups is 1. The van der Waals surface area contributed by atoms with E-state index in [1.807, 2.05) is 6.92 Å². The molecular weight excluding hydrogens is 242 g/mol. The lowest BCUT2D eigenvalue weighted by Crippen LogP contribution is -2.51. The zero-order chi connectivity index (χ0) is 14.5. The first-order valence-corrected chi connectivity index (χ1v) is 7.26. The van der Waals surface area contributed by atoms with Crippen molar-refractivity contribution in [3.8, 4) is 0 Å². The maximum atomic E-state index is 12.4. The highest BCUT2D eigenvalue weighted by atomic mass is 16.4. The zero-order valence-electron chi connectivity index (χ0n) is 12.3. The molecular formula is C14H27N3O2. The lowest BCUT2D eigenvalue weighted by Gasteiger charge is -2.33. The molecule has 1 aliphatic rings. The highest BCUT2D eigenvalue weighted by Gasteiger charge is 2.37. The second kappa shape index (κ2) is 6.78. The van der Waals surface area contributed by atoms with Crippen LogP contribution in [-0.4, -0.2) is 23.0 Å². The van der Waals surface area contributed by atoms with Gasteiger partial charge in [0.25, 0.3) is 0 Å². The van der Waals surface area contributed by atoms with Crippen LogP contribution in [0, 0.1) is 11.3 Å². The normalized spacial score (nSPS) is 27.6. The number of hydrogen-bond donors (Lipinski definition) is 3. The van der Waals surface area contributed by atoms with Crippen molar-refractivity contribution in [1.29, 1.82) is 0 Å². The van der Waals surface area contributed by atoms with Gasteiger partial charge in [-0.15, -0.1) is 0 Å². The molecule has 1 aliphatic carbocycles. The summed E-state index contributed by atoms with van der Waals surface area (Å²) in [5.41, 5.74) is 4.74. The highest BCUT2D eigenvalue weighted by molar-refractivity contribution is 6.06. The largest absolute Gasteiger partial charge is 0.409 e. The van der Waals surface area contributed by atoms with E-state index in [0.717, 1.165) is 25.7 Å². The summed E-state index contributed by atoms with van der Waals surface area (Å²) < 4.78 is 0. The van der Waals surface area contributed by atoms with Crippen LogP contribution >= 0.6 is 0 Å². The number of nitrogens with zero attached hydrogens (tertiary/aromatic N) is 1. The Morgan fingerprint density at radius 2 is 2.16 bits per heavy atom. The Bertz CT molecular complexity index is 344. The van der Waals surface area contributed by atoms with Crippen molar-refractivity contribution in [3.05, 3.63) is 0 Å². The van der Waals surface area contributed by atoms with Gasteiger partial charge in [0, 0.05) is 6.04 Å². The molecule has 0 saturated heterocycles. The molecule has 3 unspecified atom stereocenters. The van der Waals surface area contributed by atoms with Gasteiger partial charge in [-0.1, -0.05) is 38.3 Å². The maximum Gasteiger partial charge on any atom is 0.233 e. The van der Waals surface area contributed by atoms with Crippen molar-refractivity contribution in [2.24, 2.45) is 22.2 Å². The lowest BCUT2D eigenvalue weighted by molar-refractivity contribution is -0.128. The van der Waals surface area contributed by atoms with Crippen LogP contribution in [0.15, 0.2) is 5.16 Å². The molecule has 0 aromatic carbocycles. The van der Waals surface area contributed by atoms with Gasteiger partial charge in [-0.05, 0) is 32.1 Å². The lowest BCUT2D eigenvalue weighted by atomic mass is 9.81. The first-order chi connectivity index (χ1) is 8.97. The molecule has 0 aliphatic heterocycles. The van der Waals surface area contributed by atoms with E-state index in [2.05, 4.69) is 17.4 Å². The topological polar surface area (TPSA) is 87.7 Å². The number of amides is 1. The fourth-order valence-electron chi connectivity index (χ4n) is 2.71. The Hall–Kier alpha value is -1.26. The van der Waals surface area contributed by atoms with E-state index in [1.165, 1.54) is 6.42 Å². The van der Waals surface area contributed by atoms with Gasteiger partial charge in [-0.2, -0.15) is 0 Å². The first-order valence-electron chi connectivity index (χ1n) is 7.26. The van der Waals surface area contributed by atoms with Crippen molar-refractivity contribution in [2.75, 3.05) is 0 Å². The number of amidine groups is 1. The minimum absolute atomic E-state index is 0.0182. The molecule has 110 valence electrons. The van der Waals surface area contributed by atoms with Crippen LogP contribution in [0.3, 0.4) is 0 Å². The van der Waals surface area contributed by atoms with E-state index in [4.69, 9.17) is 10.9 Å². The van der Waals surface area contributed by atoms with Crippen molar-refractivity contribution in [1.82, 2.24) is 5.32 Å². The van der Waals surface area contributed by atoms with Crippen molar-refractivity contribution >= 4 is 11.7 Å². The van der Waals surface area contributed by atoms with Crippen LogP contribution < -0.4 is 11.1 Å². The van der Waals surface area contributed by atoms with E-state index in [-0.39, 0.29) is 17.8 Å². The predicted octanol–water partition coefficient (Wildman–Crippen LogP) is 2.23. The molecule has 0 aromatic rings. The molecule has 1 amide bonds. The fourth-order valence-corrected chi connectivity index (χ4v) is 2.71. The Balaban J connectivity index is 2.67. The van der Waals surface area contributed by atoms with Crippen LogP contribution in [-0.2, 0) is 4.79 Å². The SMILES string of the molecule is CCC1CCCC(NC(=O)C(C)(CC)C(N)=NO)C1. The molecule has 3 atom stereocenters. The Kier molecular flexibility index (Phi) is 5.63. The summed E-state index contributed by atoms with van der Waals surface area (Å²) in [5, 5.41) is 14.9. The van der Waals surface area contributed by atoms with Crippen molar-refractivity contribution < 1.29 is 10.0 Å². The van der Waals surface area contributed by atoms with E-state index < -0.39 is 5.41 Å². The monoisotopic (exact) mass is 269 g/mol. The summed E-state index contributed by atoms with van der Waals surface area (Å²) in [5.74, 6) is 0.554. The second-order valence-corrected chi connectivity index (χ2v) is 5.78. The van der Waals surface area contributed by atoms with Crippen LogP contribution in [0.2, 0.25) is 0 Å². The molecule has 1 fully saturated rings. The smallest absolute Gasteiger partial charge is 0.233 e. The molecule has 0 heterocycles. The van der Waals surface area contributed by atoms with Crippen molar-refractivity contribution in [3.63, 3.8) is 0 Å². The minimum atomic E-state index is -0.923. The molecule has 4 N–H and O–H groups in total. The molecule has 1 rings (SSSR count). The van der Waals surface area contributed by atoms with Gasteiger partial charge in [0.1, 0.15) is 5.41 Å². The first kappa shape index (κ1) is 15.8. The average molecular weight is 269 g/mol. The number of nitrogens with one attached hydrogen (secondary N) is 1. The van der Waals surface area contributed by atoms with Crippen LogP contribution in [0.5, 0.6) is 0 Å². The van der Waals surface area contributed by atoms with Gasteiger partial charge >= 0.3 is 0 Å². The number of hydrogen-bond acceptors (Lipinski definition) is 3. The zero-order valence-corrected chi connectivity index (χ0v) is 12.3. The standard InChI is InChI=1S/C14H27N3O2/c1-4-10-7-6-8-11(9-10)16-13(18)14(3,5-2)12(15)17-19/h10-11,19H,4-9H2,1-3H3,(H2,15,17)(H,16,18). The summed E-state index contributed by atoms with van der Waals surface area (Å²) in [6, 6.07) is 0.226. The van der Waals surface area contributed by atoms with E-state index in [1.54, 1.807) is 6.92 Å². The molecule has 0 aromatic heterocycles. The maximum absolute atomic E-state index is 12.4. The number of nitrogens with two attached hydrogens (primary N) is 1. The van der Waals surface area contributed by atoms with Gasteiger partial charge < -0.3 is 16.3 Å². The molecule has 5 heteroatoms. The van der Waals surface area contributed by atoms with Crippen LogP contribution in [0.25, 0.3) is 0 Å². The molecule has 19 heavy (non-hydrogen) atoms. The Morgan fingerprint density at radius 3 is 2.68 bits per heavy atom. The van der Waals surface area contributed by atoms with Crippen LogP contribution in [0.1, 0.15) is 59.3 Å². The third-order valence-electron chi connectivity index (χ3n) is 4.58. The number of carbonyl (C=O) groups excluding carboxylic acids is 1.